The first-order valence-corrected chi connectivity index (χ1v) is 5.50. The third kappa shape index (κ3) is 3.66. The van der Waals surface area contributed by atoms with Crippen molar-refractivity contribution in [1.29, 1.82) is 0 Å². The van der Waals surface area contributed by atoms with Crippen LogP contribution in [0.1, 0.15) is 37.3 Å². The molecule has 88 valence electrons. The van der Waals surface area contributed by atoms with Crippen molar-refractivity contribution in [2.24, 2.45) is 0 Å². The van der Waals surface area contributed by atoms with Gasteiger partial charge in [-0.2, -0.15) is 0 Å². The summed E-state index contributed by atoms with van der Waals surface area (Å²) in [6, 6.07) is 7.54. The molecule has 0 aliphatic heterocycles. The van der Waals surface area contributed by atoms with Crippen LogP contribution in [0.25, 0.3) is 0 Å². The number of aryl methyl sites for hydroxylation is 1. The maximum atomic E-state index is 10.8. The minimum Gasteiger partial charge on any atom is -0.481 e. The van der Waals surface area contributed by atoms with Crippen LogP contribution in [-0.2, 0) is 11.2 Å². The largest absolute Gasteiger partial charge is 0.481 e. The van der Waals surface area contributed by atoms with Crippen LogP contribution in [0.3, 0.4) is 0 Å². The quantitative estimate of drug-likeness (QED) is 0.802. The van der Waals surface area contributed by atoms with E-state index in [1.54, 1.807) is 13.8 Å². The van der Waals surface area contributed by atoms with Crippen LogP contribution in [0.5, 0.6) is 0 Å². The Morgan fingerprint density at radius 1 is 1.25 bits per heavy atom. The van der Waals surface area contributed by atoms with Gasteiger partial charge in [0, 0.05) is 0 Å². The number of aliphatic hydroxyl groups excluding tert-OH is 1. The standard InChI is InChI=1S/C13H18O3/c1-9(14)3-4-11-5-7-12(8-6-11)10(2)13(15)16/h5-10,14H,3-4H2,1-2H3,(H,15,16). The van der Waals surface area contributed by atoms with Gasteiger partial charge in [-0.1, -0.05) is 24.3 Å². The number of carboxylic acids is 1. The molecular formula is C13H18O3. The lowest BCUT2D eigenvalue weighted by Gasteiger charge is -2.08. The van der Waals surface area contributed by atoms with E-state index < -0.39 is 11.9 Å². The number of rotatable bonds is 5. The van der Waals surface area contributed by atoms with E-state index in [1.165, 1.54) is 0 Å². The second-order valence-electron chi connectivity index (χ2n) is 4.19. The van der Waals surface area contributed by atoms with Gasteiger partial charge in [0.1, 0.15) is 0 Å². The molecule has 0 saturated heterocycles. The molecule has 1 rings (SSSR count). The van der Waals surface area contributed by atoms with E-state index in [-0.39, 0.29) is 6.10 Å². The highest BCUT2D eigenvalue weighted by Gasteiger charge is 2.12. The van der Waals surface area contributed by atoms with Crippen LogP contribution in [0.4, 0.5) is 0 Å². The maximum absolute atomic E-state index is 10.8. The molecule has 0 fully saturated rings. The Balaban J connectivity index is 2.64. The molecule has 0 heterocycles. The Bertz CT molecular complexity index is 341. The molecular weight excluding hydrogens is 204 g/mol. The fourth-order valence-electron chi connectivity index (χ4n) is 1.49. The molecule has 0 saturated carbocycles. The van der Waals surface area contributed by atoms with Crippen molar-refractivity contribution >= 4 is 5.97 Å². The van der Waals surface area contributed by atoms with Gasteiger partial charge in [-0.25, -0.2) is 0 Å². The summed E-state index contributed by atoms with van der Waals surface area (Å²) in [5.41, 5.74) is 1.94. The molecule has 3 nitrogen and oxygen atoms in total. The Morgan fingerprint density at radius 3 is 2.25 bits per heavy atom. The number of aliphatic carboxylic acids is 1. The number of hydrogen-bond acceptors (Lipinski definition) is 2. The van der Waals surface area contributed by atoms with Gasteiger partial charge in [-0.15, -0.1) is 0 Å². The minimum atomic E-state index is -0.809. The third-order valence-electron chi connectivity index (χ3n) is 2.70. The second-order valence-corrected chi connectivity index (χ2v) is 4.19. The van der Waals surface area contributed by atoms with Crippen molar-refractivity contribution in [2.45, 2.75) is 38.7 Å². The fraction of sp³-hybridized carbons (Fsp3) is 0.462. The Kier molecular flexibility index (Phi) is 4.50. The Morgan fingerprint density at radius 2 is 1.81 bits per heavy atom. The van der Waals surface area contributed by atoms with Crippen molar-refractivity contribution in [1.82, 2.24) is 0 Å². The summed E-state index contributed by atoms with van der Waals surface area (Å²) in [7, 11) is 0. The van der Waals surface area contributed by atoms with E-state index in [0.717, 1.165) is 24.0 Å². The molecule has 0 aliphatic rings. The fourth-order valence-corrected chi connectivity index (χ4v) is 1.49. The maximum Gasteiger partial charge on any atom is 0.310 e. The van der Waals surface area contributed by atoms with Crippen molar-refractivity contribution in [2.75, 3.05) is 0 Å². The summed E-state index contributed by atoms with van der Waals surface area (Å²) >= 11 is 0. The van der Waals surface area contributed by atoms with Gasteiger partial charge in [0.05, 0.1) is 12.0 Å². The number of hydrogen-bond donors (Lipinski definition) is 2. The number of carboxylic acid groups (broad SMARTS) is 1. The first kappa shape index (κ1) is 12.7. The van der Waals surface area contributed by atoms with Crippen LogP contribution in [0, 0.1) is 0 Å². The van der Waals surface area contributed by atoms with Crippen LogP contribution in [0.2, 0.25) is 0 Å². The second kappa shape index (κ2) is 5.66. The van der Waals surface area contributed by atoms with Crippen molar-refractivity contribution in [3.8, 4) is 0 Å². The Labute approximate surface area is 95.7 Å². The molecule has 0 bridgehead atoms. The first-order valence-electron chi connectivity index (χ1n) is 5.50. The zero-order valence-electron chi connectivity index (χ0n) is 9.68. The predicted molar refractivity (Wildman–Crippen MR) is 62.5 cm³/mol. The SMILES string of the molecule is CC(O)CCc1ccc(C(C)C(=O)O)cc1. The van der Waals surface area contributed by atoms with E-state index in [1.807, 2.05) is 24.3 Å². The smallest absolute Gasteiger partial charge is 0.310 e. The molecule has 0 spiro atoms. The van der Waals surface area contributed by atoms with Gasteiger partial charge >= 0.3 is 5.97 Å². The average Bonchev–Trinajstić information content (AvgIpc) is 2.26. The van der Waals surface area contributed by atoms with Gasteiger partial charge in [0.2, 0.25) is 0 Å². The number of benzene rings is 1. The summed E-state index contributed by atoms with van der Waals surface area (Å²) in [4.78, 5) is 10.8. The van der Waals surface area contributed by atoms with Crippen LogP contribution >= 0.6 is 0 Å². The number of carbonyl (C=O) groups is 1. The topological polar surface area (TPSA) is 57.5 Å². The molecule has 0 aromatic heterocycles. The van der Waals surface area contributed by atoms with Gasteiger partial charge in [-0.05, 0) is 37.8 Å². The summed E-state index contributed by atoms with van der Waals surface area (Å²) in [5, 5.41) is 18.0. The van der Waals surface area contributed by atoms with Gasteiger partial charge in [-0.3, -0.25) is 4.79 Å². The molecule has 0 amide bonds. The van der Waals surface area contributed by atoms with Gasteiger partial charge in [0.15, 0.2) is 0 Å². The van der Waals surface area contributed by atoms with Crippen LogP contribution in [0.15, 0.2) is 24.3 Å². The van der Waals surface area contributed by atoms with E-state index in [4.69, 9.17) is 10.2 Å². The summed E-state index contributed by atoms with van der Waals surface area (Å²) in [6.07, 6.45) is 1.25. The van der Waals surface area contributed by atoms with Crippen LogP contribution < -0.4 is 0 Å². The molecule has 2 atom stereocenters. The molecule has 1 aromatic rings. The highest BCUT2D eigenvalue weighted by molar-refractivity contribution is 5.75. The monoisotopic (exact) mass is 222 g/mol. The normalized spacial score (nSPS) is 14.4. The van der Waals surface area contributed by atoms with E-state index in [9.17, 15) is 4.79 Å². The van der Waals surface area contributed by atoms with E-state index in [0.29, 0.717) is 0 Å². The average molecular weight is 222 g/mol. The van der Waals surface area contributed by atoms with Crippen molar-refractivity contribution in [3.63, 3.8) is 0 Å². The number of aliphatic hydroxyl groups is 1. The summed E-state index contributed by atoms with van der Waals surface area (Å²) in [6.45, 7) is 3.44. The lowest BCUT2D eigenvalue weighted by atomic mass is 9.98. The highest BCUT2D eigenvalue weighted by atomic mass is 16.4. The predicted octanol–water partition coefficient (Wildman–Crippen LogP) is 2.19. The molecule has 2 N–H and O–H groups in total. The molecule has 2 unspecified atom stereocenters. The first-order chi connectivity index (χ1) is 7.50. The molecule has 1 aromatic carbocycles. The van der Waals surface area contributed by atoms with Gasteiger partial charge < -0.3 is 10.2 Å². The van der Waals surface area contributed by atoms with Crippen molar-refractivity contribution in [3.05, 3.63) is 35.4 Å². The van der Waals surface area contributed by atoms with Crippen LogP contribution in [-0.4, -0.2) is 22.3 Å². The summed E-state index contributed by atoms with van der Waals surface area (Å²) < 4.78 is 0. The van der Waals surface area contributed by atoms with Crippen molar-refractivity contribution < 1.29 is 15.0 Å². The lowest BCUT2D eigenvalue weighted by Crippen LogP contribution is -2.07. The van der Waals surface area contributed by atoms with E-state index in [2.05, 4.69) is 0 Å². The van der Waals surface area contributed by atoms with Gasteiger partial charge in [0.25, 0.3) is 0 Å². The third-order valence-corrected chi connectivity index (χ3v) is 2.70. The zero-order valence-corrected chi connectivity index (χ0v) is 9.68. The highest BCUT2D eigenvalue weighted by Crippen LogP contribution is 2.16. The minimum absolute atomic E-state index is 0.294. The van der Waals surface area contributed by atoms with E-state index >= 15 is 0 Å². The molecule has 16 heavy (non-hydrogen) atoms. The Hall–Kier alpha value is -1.35. The lowest BCUT2D eigenvalue weighted by molar-refractivity contribution is -0.138. The molecule has 0 aliphatic carbocycles. The zero-order chi connectivity index (χ0) is 12.1. The molecule has 0 radical (unpaired) electrons. The summed E-state index contributed by atoms with van der Waals surface area (Å²) in [5.74, 6) is -1.28. The molecule has 3 heteroatoms.